The number of benzene rings is 2. The Labute approximate surface area is 169 Å². The lowest BCUT2D eigenvalue weighted by atomic mass is 10.1. The van der Waals surface area contributed by atoms with Crippen molar-refractivity contribution in [2.45, 2.75) is 31.2 Å². The molecule has 0 aliphatic carbocycles. The maximum absolute atomic E-state index is 14.2. The lowest BCUT2D eigenvalue weighted by molar-refractivity contribution is 0.102. The van der Waals surface area contributed by atoms with Crippen molar-refractivity contribution in [3.8, 4) is 5.69 Å². The van der Waals surface area contributed by atoms with Gasteiger partial charge in [-0.05, 0) is 75.4 Å². The van der Waals surface area contributed by atoms with Crippen LogP contribution in [-0.2, 0) is 10.0 Å². The Bertz CT molecular complexity index is 1120. The number of rotatable bonds is 5. The van der Waals surface area contributed by atoms with Crippen LogP contribution in [0.5, 0.6) is 0 Å². The molecule has 2 N–H and O–H groups in total. The van der Waals surface area contributed by atoms with Crippen molar-refractivity contribution in [1.82, 2.24) is 9.29 Å². The molecule has 3 aromatic rings. The molecule has 0 aliphatic rings. The molecule has 6 nitrogen and oxygen atoms in total. The Kier molecular flexibility index (Phi) is 5.59. The van der Waals surface area contributed by atoms with Gasteiger partial charge in [0.1, 0.15) is 5.82 Å². The molecule has 0 saturated carbocycles. The lowest BCUT2D eigenvalue weighted by Gasteiger charge is -2.20. The Morgan fingerprint density at radius 2 is 1.62 bits per heavy atom. The van der Waals surface area contributed by atoms with E-state index in [-0.39, 0.29) is 16.1 Å². The molecule has 1 aromatic heterocycles. The second-order valence-corrected chi connectivity index (χ2v) is 9.27. The molecule has 0 radical (unpaired) electrons. The second-order valence-electron chi connectivity index (χ2n) is 7.59. The van der Waals surface area contributed by atoms with Gasteiger partial charge in [-0.2, -0.15) is 0 Å². The number of sulfonamides is 1. The third-order valence-electron chi connectivity index (χ3n) is 3.97. The monoisotopic (exact) mass is 415 g/mol. The van der Waals surface area contributed by atoms with Gasteiger partial charge in [-0.15, -0.1) is 0 Å². The first-order valence-electron chi connectivity index (χ1n) is 8.93. The molecule has 1 amide bonds. The normalized spacial score (nSPS) is 12.0. The quantitative estimate of drug-likeness (QED) is 0.662. The number of halogens is 1. The van der Waals surface area contributed by atoms with E-state index in [4.69, 9.17) is 0 Å². The van der Waals surface area contributed by atoms with Crippen molar-refractivity contribution in [2.75, 3.05) is 5.32 Å². The number of anilines is 1. The van der Waals surface area contributed by atoms with E-state index in [1.165, 1.54) is 36.4 Å². The fourth-order valence-corrected chi connectivity index (χ4v) is 4.14. The van der Waals surface area contributed by atoms with Crippen LogP contribution in [0.3, 0.4) is 0 Å². The van der Waals surface area contributed by atoms with Crippen molar-refractivity contribution >= 4 is 21.6 Å². The van der Waals surface area contributed by atoms with E-state index in [9.17, 15) is 17.6 Å². The predicted molar refractivity (Wildman–Crippen MR) is 110 cm³/mol. The molecule has 2 aromatic carbocycles. The molecule has 152 valence electrons. The average molecular weight is 415 g/mol. The summed E-state index contributed by atoms with van der Waals surface area (Å²) in [4.78, 5) is 12.6. The Balaban J connectivity index is 1.79. The highest BCUT2D eigenvalue weighted by Gasteiger charge is 2.22. The van der Waals surface area contributed by atoms with Crippen LogP contribution in [0.2, 0.25) is 0 Å². The molecule has 3 rings (SSSR count). The highest BCUT2D eigenvalue weighted by molar-refractivity contribution is 7.89. The van der Waals surface area contributed by atoms with Gasteiger partial charge < -0.3 is 9.88 Å². The highest BCUT2D eigenvalue weighted by Crippen LogP contribution is 2.21. The van der Waals surface area contributed by atoms with E-state index in [1.54, 1.807) is 31.4 Å². The molecule has 0 aliphatic heterocycles. The predicted octanol–water partition coefficient (Wildman–Crippen LogP) is 3.95. The van der Waals surface area contributed by atoms with Crippen LogP contribution in [0.15, 0.2) is 71.9 Å². The number of carbonyl (C=O) groups is 1. The van der Waals surface area contributed by atoms with Gasteiger partial charge in [0, 0.05) is 29.2 Å². The van der Waals surface area contributed by atoms with Crippen LogP contribution >= 0.6 is 0 Å². The first-order valence-corrected chi connectivity index (χ1v) is 10.4. The minimum absolute atomic E-state index is 0.0345. The summed E-state index contributed by atoms with van der Waals surface area (Å²) in [6.45, 7) is 5.22. The van der Waals surface area contributed by atoms with Crippen LogP contribution in [0, 0.1) is 5.82 Å². The summed E-state index contributed by atoms with van der Waals surface area (Å²) in [5.74, 6) is -1.11. The molecule has 0 unspecified atom stereocenters. The number of aromatic nitrogens is 1. The molecule has 0 atom stereocenters. The van der Waals surface area contributed by atoms with Gasteiger partial charge in [0.2, 0.25) is 10.0 Å². The van der Waals surface area contributed by atoms with E-state index in [0.29, 0.717) is 5.69 Å². The summed E-state index contributed by atoms with van der Waals surface area (Å²) in [6.07, 6.45) is 3.62. The molecule has 0 fully saturated rings. The van der Waals surface area contributed by atoms with E-state index in [2.05, 4.69) is 10.0 Å². The minimum atomic E-state index is -3.70. The SMILES string of the molecule is CC(C)(C)NS(=O)(=O)c1ccc(C(=O)Nc2cc(-n3cccc3)ccc2F)cc1. The molecule has 29 heavy (non-hydrogen) atoms. The molecular weight excluding hydrogens is 393 g/mol. The zero-order valence-electron chi connectivity index (χ0n) is 16.3. The summed E-state index contributed by atoms with van der Waals surface area (Å²) >= 11 is 0. The Morgan fingerprint density at radius 3 is 2.21 bits per heavy atom. The van der Waals surface area contributed by atoms with Gasteiger partial charge >= 0.3 is 0 Å². The van der Waals surface area contributed by atoms with Gasteiger partial charge in [-0.3, -0.25) is 4.79 Å². The van der Waals surface area contributed by atoms with Crippen molar-refractivity contribution in [3.05, 3.63) is 78.4 Å². The third-order valence-corrected chi connectivity index (χ3v) is 5.74. The number of nitrogens with zero attached hydrogens (tertiary/aromatic N) is 1. The zero-order chi connectivity index (χ0) is 21.2. The van der Waals surface area contributed by atoms with Gasteiger partial charge in [-0.25, -0.2) is 17.5 Å². The first kappa shape index (κ1) is 20.8. The number of amides is 1. The van der Waals surface area contributed by atoms with E-state index in [0.717, 1.165) is 0 Å². The van der Waals surface area contributed by atoms with E-state index >= 15 is 0 Å². The average Bonchev–Trinajstić information content (AvgIpc) is 3.16. The lowest BCUT2D eigenvalue weighted by Crippen LogP contribution is -2.40. The molecule has 8 heteroatoms. The summed E-state index contributed by atoms with van der Waals surface area (Å²) in [6, 6.07) is 13.5. The van der Waals surface area contributed by atoms with E-state index < -0.39 is 27.3 Å². The van der Waals surface area contributed by atoms with Crippen molar-refractivity contribution in [2.24, 2.45) is 0 Å². The zero-order valence-corrected chi connectivity index (χ0v) is 17.1. The maximum atomic E-state index is 14.2. The van der Waals surface area contributed by atoms with Crippen molar-refractivity contribution in [1.29, 1.82) is 0 Å². The fraction of sp³-hybridized carbons (Fsp3) is 0.190. The van der Waals surface area contributed by atoms with Gasteiger partial charge in [0.15, 0.2) is 0 Å². The number of hydrogen-bond donors (Lipinski definition) is 2. The Hall–Kier alpha value is -2.97. The number of nitrogens with one attached hydrogen (secondary N) is 2. The maximum Gasteiger partial charge on any atom is 0.255 e. The van der Waals surface area contributed by atoms with E-state index in [1.807, 2.05) is 24.5 Å². The van der Waals surface area contributed by atoms with Crippen LogP contribution in [-0.4, -0.2) is 24.4 Å². The van der Waals surface area contributed by atoms with Crippen LogP contribution in [0.25, 0.3) is 5.69 Å². The third kappa shape index (κ3) is 5.10. The topological polar surface area (TPSA) is 80.2 Å². The molecular formula is C21H22FN3O3S. The first-order chi connectivity index (χ1) is 13.5. The molecule has 1 heterocycles. The number of carbonyl (C=O) groups excluding carboxylic acids is 1. The summed E-state index contributed by atoms with van der Waals surface area (Å²) in [5.41, 5.74) is 0.316. The van der Waals surface area contributed by atoms with Crippen molar-refractivity contribution in [3.63, 3.8) is 0 Å². The highest BCUT2D eigenvalue weighted by atomic mass is 32.2. The summed E-state index contributed by atoms with van der Waals surface area (Å²) < 4.78 is 43.2. The smallest absolute Gasteiger partial charge is 0.255 e. The second kappa shape index (κ2) is 7.81. The summed E-state index contributed by atoms with van der Waals surface area (Å²) in [5, 5.41) is 2.53. The van der Waals surface area contributed by atoms with Crippen LogP contribution < -0.4 is 10.0 Å². The summed E-state index contributed by atoms with van der Waals surface area (Å²) in [7, 11) is -3.70. The van der Waals surface area contributed by atoms with Gasteiger partial charge in [-0.1, -0.05) is 0 Å². The molecule has 0 bridgehead atoms. The van der Waals surface area contributed by atoms with Crippen LogP contribution in [0.4, 0.5) is 10.1 Å². The fourth-order valence-electron chi connectivity index (χ4n) is 2.72. The Morgan fingerprint density at radius 1 is 1.00 bits per heavy atom. The van der Waals surface area contributed by atoms with Crippen LogP contribution in [0.1, 0.15) is 31.1 Å². The largest absolute Gasteiger partial charge is 0.324 e. The van der Waals surface area contributed by atoms with Crippen molar-refractivity contribution < 1.29 is 17.6 Å². The number of hydrogen-bond acceptors (Lipinski definition) is 3. The standard InChI is InChI=1S/C21H22FN3O3S/c1-21(2,3)24-29(27,28)17-9-6-15(7-10-17)20(26)23-19-14-16(8-11-18(19)22)25-12-4-5-13-25/h4-14,24H,1-3H3,(H,23,26). The molecule has 0 saturated heterocycles. The minimum Gasteiger partial charge on any atom is -0.324 e. The van der Waals surface area contributed by atoms with Gasteiger partial charge in [0.25, 0.3) is 5.91 Å². The van der Waals surface area contributed by atoms with Gasteiger partial charge in [0.05, 0.1) is 10.6 Å². The molecule has 0 spiro atoms.